The van der Waals surface area contributed by atoms with Crippen LogP contribution < -0.4 is 5.32 Å². The molecule has 0 saturated carbocycles. The van der Waals surface area contributed by atoms with Gasteiger partial charge < -0.3 is 10.1 Å². The van der Waals surface area contributed by atoms with Crippen molar-refractivity contribution in [2.75, 3.05) is 20.3 Å². The number of benzene rings is 1. The van der Waals surface area contributed by atoms with Crippen molar-refractivity contribution >= 4 is 17.7 Å². The molecule has 0 radical (unpaired) electrons. The average molecular weight is 289 g/mol. The molecule has 0 saturated heterocycles. The summed E-state index contributed by atoms with van der Waals surface area (Å²) in [5.41, 5.74) is 0.224. The molecular weight excluding hydrogens is 274 g/mol. The normalized spacial score (nSPS) is 10.8. The molecular formula is C14H15N3O4. The molecule has 1 rings (SSSR count). The number of amides is 1. The zero-order valence-corrected chi connectivity index (χ0v) is 11.5. The highest BCUT2D eigenvalue weighted by Gasteiger charge is 2.10. The SMILES string of the molecule is COCCCNC(=O)/C(C#N)=C/c1cccc([N+](=O)[O-])c1. The number of nitrogens with zero attached hydrogens (tertiary/aromatic N) is 2. The summed E-state index contributed by atoms with van der Waals surface area (Å²) in [5, 5.41) is 22.3. The highest BCUT2D eigenvalue weighted by molar-refractivity contribution is 6.01. The van der Waals surface area contributed by atoms with E-state index in [1.807, 2.05) is 0 Å². The van der Waals surface area contributed by atoms with E-state index in [0.717, 1.165) is 0 Å². The zero-order chi connectivity index (χ0) is 15.7. The molecule has 0 spiro atoms. The van der Waals surface area contributed by atoms with Crippen LogP contribution in [-0.2, 0) is 9.53 Å². The largest absolute Gasteiger partial charge is 0.385 e. The third-order valence-corrected chi connectivity index (χ3v) is 2.57. The predicted octanol–water partition coefficient (Wildman–Crippen LogP) is 1.65. The van der Waals surface area contributed by atoms with Crippen molar-refractivity contribution in [1.82, 2.24) is 5.32 Å². The Balaban J connectivity index is 2.79. The molecule has 0 unspecified atom stereocenters. The van der Waals surface area contributed by atoms with Crippen molar-refractivity contribution in [3.05, 3.63) is 45.5 Å². The van der Waals surface area contributed by atoms with E-state index in [-0.39, 0.29) is 11.3 Å². The van der Waals surface area contributed by atoms with Gasteiger partial charge in [-0.2, -0.15) is 5.26 Å². The van der Waals surface area contributed by atoms with Crippen LogP contribution in [0.3, 0.4) is 0 Å². The highest BCUT2D eigenvalue weighted by Crippen LogP contribution is 2.15. The number of nitro benzene ring substituents is 1. The number of methoxy groups -OCH3 is 1. The summed E-state index contributed by atoms with van der Waals surface area (Å²) in [5.74, 6) is -0.514. The molecule has 0 aromatic heterocycles. The summed E-state index contributed by atoms with van der Waals surface area (Å²) < 4.78 is 4.85. The van der Waals surface area contributed by atoms with E-state index in [2.05, 4.69) is 5.32 Å². The van der Waals surface area contributed by atoms with Crippen LogP contribution >= 0.6 is 0 Å². The third kappa shape index (κ3) is 5.42. The number of carbonyl (C=O) groups excluding carboxylic acids is 1. The maximum atomic E-state index is 11.8. The standard InChI is InChI=1S/C14H15N3O4/c1-21-7-3-6-16-14(18)12(10-15)8-11-4-2-5-13(9-11)17(19)20/h2,4-5,8-9H,3,6-7H2,1H3,(H,16,18)/b12-8+. The van der Waals surface area contributed by atoms with Crippen LogP contribution in [0, 0.1) is 21.4 Å². The molecule has 1 aromatic carbocycles. The maximum absolute atomic E-state index is 11.8. The van der Waals surface area contributed by atoms with Gasteiger partial charge in [-0.1, -0.05) is 12.1 Å². The van der Waals surface area contributed by atoms with Crippen LogP contribution in [0.25, 0.3) is 6.08 Å². The predicted molar refractivity (Wildman–Crippen MR) is 76.2 cm³/mol. The summed E-state index contributed by atoms with van der Waals surface area (Å²) in [6.45, 7) is 0.900. The molecule has 110 valence electrons. The van der Waals surface area contributed by atoms with Gasteiger partial charge in [0, 0.05) is 32.4 Å². The van der Waals surface area contributed by atoms with Gasteiger partial charge >= 0.3 is 0 Å². The fourth-order valence-electron chi connectivity index (χ4n) is 1.56. The number of ether oxygens (including phenoxy) is 1. The molecule has 1 aromatic rings. The number of nitriles is 1. The van der Waals surface area contributed by atoms with Gasteiger partial charge in [-0.3, -0.25) is 14.9 Å². The second kappa shape index (κ2) is 8.45. The first kappa shape index (κ1) is 16.3. The first-order chi connectivity index (χ1) is 10.1. The smallest absolute Gasteiger partial charge is 0.270 e. The van der Waals surface area contributed by atoms with Crippen LogP contribution in [0.1, 0.15) is 12.0 Å². The van der Waals surface area contributed by atoms with Crippen molar-refractivity contribution in [3.63, 3.8) is 0 Å². The van der Waals surface area contributed by atoms with Crippen LogP contribution in [0.5, 0.6) is 0 Å². The quantitative estimate of drug-likeness (QED) is 0.270. The van der Waals surface area contributed by atoms with Crippen LogP contribution in [0.15, 0.2) is 29.8 Å². The lowest BCUT2D eigenvalue weighted by molar-refractivity contribution is -0.384. The Morgan fingerprint density at radius 3 is 2.95 bits per heavy atom. The highest BCUT2D eigenvalue weighted by atomic mass is 16.6. The van der Waals surface area contributed by atoms with Crippen LogP contribution in [0.4, 0.5) is 5.69 Å². The summed E-state index contributed by atoms with van der Waals surface area (Å²) in [4.78, 5) is 21.9. The lowest BCUT2D eigenvalue weighted by Crippen LogP contribution is -2.26. The van der Waals surface area contributed by atoms with Crippen molar-refractivity contribution in [2.45, 2.75) is 6.42 Å². The number of hydrogen-bond donors (Lipinski definition) is 1. The van der Waals surface area contributed by atoms with Gasteiger partial charge in [0.25, 0.3) is 11.6 Å². The number of nitrogens with one attached hydrogen (secondary N) is 1. The Morgan fingerprint density at radius 2 is 2.33 bits per heavy atom. The van der Waals surface area contributed by atoms with Crippen molar-refractivity contribution in [1.29, 1.82) is 5.26 Å². The minimum absolute atomic E-state index is 0.0958. The van der Waals surface area contributed by atoms with Crippen LogP contribution in [-0.4, -0.2) is 31.1 Å². The molecule has 1 amide bonds. The Hall–Kier alpha value is -2.72. The Labute approximate surface area is 122 Å². The molecule has 1 N–H and O–H groups in total. The Kier molecular flexibility index (Phi) is 6.57. The molecule has 7 heteroatoms. The fraction of sp³-hybridized carbons (Fsp3) is 0.286. The van der Waals surface area contributed by atoms with E-state index < -0.39 is 10.8 Å². The van der Waals surface area contributed by atoms with E-state index in [1.54, 1.807) is 19.2 Å². The van der Waals surface area contributed by atoms with Crippen molar-refractivity contribution in [3.8, 4) is 6.07 Å². The number of non-ortho nitro benzene ring substituents is 1. The van der Waals surface area contributed by atoms with Gasteiger partial charge in [0.1, 0.15) is 11.6 Å². The minimum atomic E-state index is -0.534. The lowest BCUT2D eigenvalue weighted by Gasteiger charge is -2.03. The molecule has 0 bridgehead atoms. The molecule has 0 heterocycles. The van der Waals surface area contributed by atoms with Crippen molar-refractivity contribution in [2.24, 2.45) is 0 Å². The molecule has 21 heavy (non-hydrogen) atoms. The Morgan fingerprint density at radius 1 is 1.57 bits per heavy atom. The molecule has 0 aliphatic heterocycles. The topological polar surface area (TPSA) is 105 Å². The van der Waals surface area contributed by atoms with Gasteiger partial charge in [-0.15, -0.1) is 0 Å². The summed E-state index contributed by atoms with van der Waals surface area (Å²) in [7, 11) is 1.56. The molecule has 0 fully saturated rings. The fourth-order valence-corrected chi connectivity index (χ4v) is 1.56. The molecule has 0 aliphatic carbocycles. The maximum Gasteiger partial charge on any atom is 0.270 e. The first-order valence-electron chi connectivity index (χ1n) is 6.22. The molecule has 0 atom stereocenters. The minimum Gasteiger partial charge on any atom is -0.385 e. The number of hydrogen-bond acceptors (Lipinski definition) is 5. The monoisotopic (exact) mass is 289 g/mol. The number of rotatable bonds is 7. The second-order valence-electron chi connectivity index (χ2n) is 4.12. The van der Waals surface area contributed by atoms with E-state index in [1.165, 1.54) is 24.3 Å². The summed E-state index contributed by atoms with van der Waals surface area (Å²) in [6, 6.07) is 7.51. The number of nitro groups is 1. The van der Waals surface area contributed by atoms with E-state index in [9.17, 15) is 14.9 Å². The number of carbonyl (C=O) groups is 1. The molecule has 7 nitrogen and oxygen atoms in total. The van der Waals surface area contributed by atoms with Gasteiger partial charge in [0.05, 0.1) is 4.92 Å². The van der Waals surface area contributed by atoms with E-state index in [0.29, 0.717) is 25.1 Å². The zero-order valence-electron chi connectivity index (χ0n) is 11.5. The van der Waals surface area contributed by atoms with Crippen LogP contribution in [0.2, 0.25) is 0 Å². The summed E-state index contributed by atoms with van der Waals surface area (Å²) >= 11 is 0. The third-order valence-electron chi connectivity index (χ3n) is 2.57. The first-order valence-corrected chi connectivity index (χ1v) is 6.22. The van der Waals surface area contributed by atoms with Gasteiger partial charge in [-0.05, 0) is 18.1 Å². The van der Waals surface area contributed by atoms with Crippen molar-refractivity contribution < 1.29 is 14.5 Å². The Bertz CT molecular complexity index is 590. The molecule has 0 aliphatic rings. The average Bonchev–Trinajstić information content (AvgIpc) is 2.49. The van der Waals surface area contributed by atoms with Gasteiger partial charge in [-0.25, -0.2) is 0 Å². The van der Waals surface area contributed by atoms with E-state index >= 15 is 0 Å². The second-order valence-corrected chi connectivity index (χ2v) is 4.12. The van der Waals surface area contributed by atoms with Gasteiger partial charge in [0.2, 0.25) is 0 Å². The lowest BCUT2D eigenvalue weighted by atomic mass is 10.1. The summed E-state index contributed by atoms with van der Waals surface area (Å²) in [6.07, 6.45) is 1.95. The van der Waals surface area contributed by atoms with Gasteiger partial charge in [0.15, 0.2) is 0 Å². The van der Waals surface area contributed by atoms with E-state index in [4.69, 9.17) is 10.00 Å².